The van der Waals surface area contributed by atoms with Crippen LogP contribution in [0.25, 0.3) is 0 Å². The van der Waals surface area contributed by atoms with E-state index in [0.717, 1.165) is 4.90 Å². The number of nitrogens with one attached hydrogen (secondary N) is 1. The molecule has 17 heavy (non-hydrogen) atoms. The molecule has 1 heterocycles. The summed E-state index contributed by atoms with van der Waals surface area (Å²) in [7, 11) is 1.82. The van der Waals surface area contributed by atoms with E-state index in [9.17, 15) is 4.39 Å². The van der Waals surface area contributed by atoms with Crippen LogP contribution in [0.15, 0.2) is 33.7 Å². The first-order valence-corrected chi connectivity index (χ1v) is 6.11. The Balaban J connectivity index is 1.90. The number of halogens is 1. The first kappa shape index (κ1) is 12.1. The maximum Gasteiger partial charge on any atom is 0.240 e. The lowest BCUT2D eigenvalue weighted by Crippen LogP contribution is -2.05. The maximum absolute atomic E-state index is 12.7. The largest absolute Gasteiger partial charge is 0.338 e. The SMILES string of the molecule is CNCc1nc(CSc2ccc(F)cc2)no1. The van der Waals surface area contributed by atoms with E-state index in [1.807, 2.05) is 7.05 Å². The van der Waals surface area contributed by atoms with Crippen molar-refractivity contribution in [2.75, 3.05) is 7.05 Å². The number of aromatic nitrogens is 2. The van der Waals surface area contributed by atoms with E-state index in [2.05, 4.69) is 15.5 Å². The summed E-state index contributed by atoms with van der Waals surface area (Å²) in [6.07, 6.45) is 0. The van der Waals surface area contributed by atoms with Crippen molar-refractivity contribution in [2.45, 2.75) is 17.2 Å². The monoisotopic (exact) mass is 253 g/mol. The lowest BCUT2D eigenvalue weighted by molar-refractivity contribution is 0.368. The number of thioether (sulfide) groups is 1. The lowest BCUT2D eigenvalue weighted by Gasteiger charge is -1.97. The van der Waals surface area contributed by atoms with Gasteiger partial charge >= 0.3 is 0 Å². The van der Waals surface area contributed by atoms with Gasteiger partial charge in [0.1, 0.15) is 5.82 Å². The number of benzene rings is 1. The second-order valence-electron chi connectivity index (χ2n) is 3.38. The van der Waals surface area contributed by atoms with Crippen molar-refractivity contribution < 1.29 is 8.91 Å². The molecule has 6 heteroatoms. The van der Waals surface area contributed by atoms with Gasteiger partial charge in [-0.1, -0.05) is 5.16 Å². The molecule has 0 spiro atoms. The first-order valence-electron chi connectivity index (χ1n) is 5.12. The predicted octanol–water partition coefficient (Wildman–Crippen LogP) is 2.22. The van der Waals surface area contributed by atoms with Crippen molar-refractivity contribution in [3.63, 3.8) is 0 Å². The molecule has 0 amide bonds. The van der Waals surface area contributed by atoms with Crippen LogP contribution in [-0.4, -0.2) is 17.2 Å². The molecule has 1 aromatic heterocycles. The van der Waals surface area contributed by atoms with Crippen LogP contribution in [0.5, 0.6) is 0 Å². The van der Waals surface area contributed by atoms with Crippen LogP contribution in [0.1, 0.15) is 11.7 Å². The highest BCUT2D eigenvalue weighted by atomic mass is 32.2. The molecule has 0 bridgehead atoms. The minimum absolute atomic E-state index is 0.231. The standard InChI is InChI=1S/C11H12FN3OS/c1-13-6-11-14-10(15-16-11)7-17-9-4-2-8(12)3-5-9/h2-5,13H,6-7H2,1H3. The molecule has 4 nitrogen and oxygen atoms in total. The summed E-state index contributed by atoms with van der Waals surface area (Å²) >= 11 is 1.54. The second kappa shape index (κ2) is 5.79. The van der Waals surface area contributed by atoms with E-state index in [0.29, 0.717) is 24.0 Å². The Labute approximate surface area is 103 Å². The lowest BCUT2D eigenvalue weighted by atomic mass is 10.4. The summed E-state index contributed by atoms with van der Waals surface area (Å²) in [6, 6.07) is 6.33. The van der Waals surface area contributed by atoms with Crippen LogP contribution in [0.4, 0.5) is 4.39 Å². The molecule has 90 valence electrons. The normalized spacial score (nSPS) is 10.7. The average molecular weight is 253 g/mol. The van der Waals surface area contributed by atoms with E-state index >= 15 is 0 Å². The Morgan fingerprint density at radius 2 is 2.12 bits per heavy atom. The molecule has 2 aromatic rings. The van der Waals surface area contributed by atoms with Crippen molar-refractivity contribution in [2.24, 2.45) is 0 Å². The van der Waals surface area contributed by atoms with Gasteiger partial charge in [-0.25, -0.2) is 4.39 Å². The van der Waals surface area contributed by atoms with Crippen LogP contribution >= 0.6 is 11.8 Å². The van der Waals surface area contributed by atoms with Gasteiger partial charge in [0.05, 0.1) is 12.3 Å². The van der Waals surface area contributed by atoms with E-state index in [4.69, 9.17) is 4.52 Å². The van der Waals surface area contributed by atoms with Crippen LogP contribution in [0.2, 0.25) is 0 Å². The highest BCUT2D eigenvalue weighted by Gasteiger charge is 2.05. The smallest absolute Gasteiger partial charge is 0.240 e. The predicted molar refractivity (Wildman–Crippen MR) is 63.0 cm³/mol. The van der Waals surface area contributed by atoms with Crippen molar-refractivity contribution >= 4 is 11.8 Å². The molecule has 0 fully saturated rings. The highest BCUT2D eigenvalue weighted by molar-refractivity contribution is 7.98. The van der Waals surface area contributed by atoms with Gasteiger partial charge in [-0.3, -0.25) is 0 Å². The topological polar surface area (TPSA) is 51.0 Å². The molecular weight excluding hydrogens is 241 g/mol. The van der Waals surface area contributed by atoms with Crippen LogP contribution in [0.3, 0.4) is 0 Å². The van der Waals surface area contributed by atoms with Gasteiger partial charge in [0.15, 0.2) is 5.82 Å². The van der Waals surface area contributed by atoms with Crippen molar-refractivity contribution in [3.05, 3.63) is 41.8 Å². The van der Waals surface area contributed by atoms with E-state index in [-0.39, 0.29) is 5.82 Å². The highest BCUT2D eigenvalue weighted by Crippen LogP contribution is 2.21. The van der Waals surface area contributed by atoms with Crippen molar-refractivity contribution in [3.8, 4) is 0 Å². The number of hydrogen-bond donors (Lipinski definition) is 1. The Kier molecular flexibility index (Phi) is 4.11. The molecule has 0 radical (unpaired) electrons. The number of nitrogens with zero attached hydrogens (tertiary/aromatic N) is 2. The third kappa shape index (κ3) is 3.54. The van der Waals surface area contributed by atoms with Gasteiger partial charge in [0, 0.05) is 4.90 Å². The molecule has 1 N–H and O–H groups in total. The Morgan fingerprint density at radius 1 is 1.35 bits per heavy atom. The maximum atomic E-state index is 12.7. The van der Waals surface area contributed by atoms with E-state index in [1.54, 1.807) is 23.9 Å². The fourth-order valence-corrected chi connectivity index (χ4v) is 1.99. The summed E-state index contributed by atoms with van der Waals surface area (Å²) < 4.78 is 17.7. The van der Waals surface area contributed by atoms with Gasteiger partial charge in [-0.05, 0) is 31.3 Å². The third-order valence-corrected chi connectivity index (χ3v) is 3.03. The van der Waals surface area contributed by atoms with Crippen LogP contribution in [-0.2, 0) is 12.3 Å². The first-order chi connectivity index (χ1) is 8.28. The molecule has 1 aromatic carbocycles. The summed E-state index contributed by atoms with van der Waals surface area (Å²) in [5, 5.41) is 6.78. The summed E-state index contributed by atoms with van der Waals surface area (Å²) in [5.74, 6) is 1.59. The fraction of sp³-hybridized carbons (Fsp3) is 0.273. The minimum atomic E-state index is -0.231. The van der Waals surface area contributed by atoms with Gasteiger partial charge < -0.3 is 9.84 Å². The van der Waals surface area contributed by atoms with Crippen molar-refractivity contribution in [1.82, 2.24) is 15.5 Å². The fourth-order valence-electron chi connectivity index (χ4n) is 1.25. The molecule has 0 unspecified atom stereocenters. The quantitative estimate of drug-likeness (QED) is 0.828. The summed E-state index contributed by atoms with van der Waals surface area (Å²) in [4.78, 5) is 5.18. The van der Waals surface area contributed by atoms with Crippen molar-refractivity contribution in [1.29, 1.82) is 0 Å². The van der Waals surface area contributed by atoms with Gasteiger partial charge in [0.2, 0.25) is 5.89 Å². The van der Waals surface area contributed by atoms with Gasteiger partial charge in [-0.15, -0.1) is 11.8 Å². The minimum Gasteiger partial charge on any atom is -0.338 e. The molecule has 0 saturated heterocycles. The number of rotatable bonds is 5. The Hall–Kier alpha value is -1.40. The zero-order valence-electron chi connectivity index (χ0n) is 9.31. The molecule has 0 aliphatic heterocycles. The Morgan fingerprint density at radius 3 is 2.82 bits per heavy atom. The zero-order valence-corrected chi connectivity index (χ0v) is 10.1. The summed E-state index contributed by atoms with van der Waals surface area (Å²) in [6.45, 7) is 0.564. The van der Waals surface area contributed by atoms with Gasteiger partial charge in [0.25, 0.3) is 0 Å². The summed E-state index contributed by atoms with van der Waals surface area (Å²) in [5.41, 5.74) is 0. The van der Waals surface area contributed by atoms with Gasteiger partial charge in [-0.2, -0.15) is 4.98 Å². The third-order valence-electron chi connectivity index (χ3n) is 2.02. The molecular formula is C11H12FN3OS. The van der Waals surface area contributed by atoms with E-state index in [1.165, 1.54) is 12.1 Å². The number of hydrogen-bond acceptors (Lipinski definition) is 5. The zero-order chi connectivity index (χ0) is 12.1. The molecule has 0 atom stereocenters. The van der Waals surface area contributed by atoms with Crippen LogP contribution in [0, 0.1) is 5.82 Å². The van der Waals surface area contributed by atoms with Crippen LogP contribution < -0.4 is 5.32 Å². The second-order valence-corrected chi connectivity index (χ2v) is 4.43. The van der Waals surface area contributed by atoms with E-state index < -0.39 is 0 Å². The molecule has 2 rings (SSSR count). The molecule has 0 saturated carbocycles. The average Bonchev–Trinajstić information content (AvgIpc) is 2.77. The Bertz CT molecular complexity index is 472. The molecule has 0 aliphatic carbocycles. The molecule has 0 aliphatic rings.